The lowest BCUT2D eigenvalue weighted by Crippen LogP contribution is -2.43. The van der Waals surface area contributed by atoms with Gasteiger partial charge in [0, 0.05) is 38.0 Å². The zero-order valence-corrected chi connectivity index (χ0v) is 28.7. The molecule has 2 aromatic rings. The zero-order valence-electron chi connectivity index (χ0n) is 28.7. The number of aryl methyl sites for hydroxylation is 1. The van der Waals surface area contributed by atoms with Crippen LogP contribution in [-0.2, 0) is 4.74 Å². The van der Waals surface area contributed by atoms with E-state index in [0.717, 1.165) is 37.0 Å². The Labute approximate surface area is 277 Å². The molecule has 2 aliphatic heterocycles. The van der Waals surface area contributed by atoms with Crippen molar-refractivity contribution in [2.45, 2.75) is 85.3 Å². The molecule has 3 atom stereocenters. The van der Waals surface area contributed by atoms with Crippen molar-refractivity contribution in [3.05, 3.63) is 53.2 Å². The molecule has 3 heterocycles. The summed E-state index contributed by atoms with van der Waals surface area (Å²) < 4.78 is 40.6. The third-order valence-corrected chi connectivity index (χ3v) is 8.98. The number of ether oxygens (including phenoxy) is 2. The van der Waals surface area contributed by atoms with Gasteiger partial charge in [-0.25, -0.2) is 23.4 Å². The third-order valence-electron chi connectivity index (χ3n) is 8.98. The number of benzene rings is 1. The van der Waals surface area contributed by atoms with Crippen molar-refractivity contribution < 1.29 is 27.8 Å². The van der Waals surface area contributed by atoms with E-state index >= 15 is 0 Å². The maximum absolute atomic E-state index is 14.9. The number of likely N-dealkylation sites (tertiary alicyclic amines) is 1. The minimum absolute atomic E-state index is 0.0393. The Morgan fingerprint density at radius 3 is 2.47 bits per heavy atom. The van der Waals surface area contributed by atoms with Crippen molar-refractivity contribution in [2.75, 3.05) is 37.7 Å². The van der Waals surface area contributed by atoms with Gasteiger partial charge in [0.1, 0.15) is 34.6 Å². The molecule has 2 saturated heterocycles. The molecule has 3 amide bonds. The topological polar surface area (TPSA) is 122 Å². The Morgan fingerprint density at radius 1 is 1.13 bits per heavy atom. The average molecular weight is 657 g/mol. The number of amides is 3. The lowest BCUT2D eigenvalue weighted by Gasteiger charge is -2.34. The first-order valence-corrected chi connectivity index (χ1v) is 16.5. The van der Waals surface area contributed by atoms with Gasteiger partial charge in [0.15, 0.2) is 0 Å². The number of nitrogens with zero attached hydrogens (tertiary/aromatic N) is 4. The minimum atomic E-state index is -0.705. The number of carbonyl (C=O) groups is 2. The molecular weight excluding hydrogens is 606 g/mol. The van der Waals surface area contributed by atoms with Gasteiger partial charge in [0.25, 0.3) is 0 Å². The fourth-order valence-corrected chi connectivity index (χ4v) is 6.22. The number of pyridine rings is 1. The number of aliphatic imine (C=N–C) groups is 1. The second kappa shape index (κ2) is 15.3. The first-order valence-electron chi connectivity index (χ1n) is 16.5. The third kappa shape index (κ3) is 9.77. The number of hydrogen-bond donors (Lipinski definition) is 2. The quantitative estimate of drug-likeness (QED) is 0.236. The van der Waals surface area contributed by atoms with Crippen LogP contribution < -0.4 is 20.7 Å². The number of urea groups is 1. The molecule has 3 N–H and O–H groups in total. The number of amidine groups is 1. The predicted octanol–water partition coefficient (Wildman–Crippen LogP) is 6.42. The fourth-order valence-electron chi connectivity index (χ4n) is 6.22. The van der Waals surface area contributed by atoms with Crippen LogP contribution in [0.4, 0.5) is 24.2 Å². The monoisotopic (exact) mass is 656 g/mol. The summed E-state index contributed by atoms with van der Waals surface area (Å²) in [5, 5.41) is 2.87. The molecule has 0 saturated carbocycles. The molecule has 4 rings (SSSR count). The molecular formula is C35H50F2N6O4. The second-order valence-corrected chi connectivity index (χ2v) is 14.2. The molecule has 10 nitrogen and oxygen atoms in total. The first kappa shape index (κ1) is 35.9. The standard InChI is InChI=1S/C35H50F2N6O4/c1-21(2)31(38)41-33(44)42-13-10-24(11-14-42)22(3)12-15-46-26-16-23(4)32(39-18-26)43-19-28(27-17-25(36)8-9-29(27)37)30(20-43)40-34(45)47-35(5,6)7/h8-9,16-18,21-22,24,28,30H,10-15,19-20H2,1-7H3,(H,40,45)(H2,38,41,44). The number of nitrogens with one attached hydrogen (secondary N) is 1. The second-order valence-electron chi connectivity index (χ2n) is 14.2. The summed E-state index contributed by atoms with van der Waals surface area (Å²) in [5.74, 6) is 1.05. The summed E-state index contributed by atoms with van der Waals surface area (Å²) >= 11 is 0. The molecule has 0 aliphatic carbocycles. The Morgan fingerprint density at radius 2 is 1.83 bits per heavy atom. The Hall–Kier alpha value is -3.96. The SMILES string of the molecule is Cc1cc(OCCC(C)C2CCN(C(=O)N=C(N)C(C)C)CC2)cnc1N1CC(NC(=O)OC(C)(C)C)C(c2cc(F)ccc2F)C1. The molecule has 47 heavy (non-hydrogen) atoms. The molecule has 3 unspecified atom stereocenters. The van der Waals surface area contributed by atoms with Crippen molar-refractivity contribution in [3.63, 3.8) is 0 Å². The highest BCUT2D eigenvalue weighted by molar-refractivity contribution is 5.93. The van der Waals surface area contributed by atoms with E-state index in [2.05, 4.69) is 22.2 Å². The minimum Gasteiger partial charge on any atom is -0.492 e. The molecule has 0 bridgehead atoms. The highest BCUT2D eigenvalue weighted by Crippen LogP contribution is 2.35. The normalized spacial score (nSPS) is 20.0. The maximum atomic E-state index is 14.9. The van der Waals surface area contributed by atoms with E-state index in [4.69, 9.17) is 15.2 Å². The molecule has 1 aromatic heterocycles. The molecule has 0 spiro atoms. The number of carbonyl (C=O) groups excluding carboxylic acids is 2. The van der Waals surface area contributed by atoms with E-state index in [9.17, 15) is 18.4 Å². The summed E-state index contributed by atoms with van der Waals surface area (Å²) in [6.45, 7) is 15.8. The fraction of sp³-hybridized carbons (Fsp3) is 0.600. The summed E-state index contributed by atoms with van der Waals surface area (Å²) in [6, 6.07) is 4.52. The van der Waals surface area contributed by atoms with Gasteiger partial charge < -0.3 is 30.3 Å². The van der Waals surface area contributed by atoms with E-state index in [-0.39, 0.29) is 17.5 Å². The van der Waals surface area contributed by atoms with Crippen molar-refractivity contribution in [2.24, 2.45) is 28.5 Å². The number of alkyl carbamates (subject to hydrolysis) is 1. The van der Waals surface area contributed by atoms with Gasteiger partial charge in [-0.1, -0.05) is 20.8 Å². The Bertz CT molecular complexity index is 1440. The van der Waals surface area contributed by atoms with E-state index in [0.29, 0.717) is 62.0 Å². The molecule has 0 radical (unpaired) electrons. The number of hydrogen-bond acceptors (Lipinski definition) is 6. The number of halogens is 2. The van der Waals surface area contributed by atoms with Gasteiger partial charge in [-0.05, 0) is 94.2 Å². The summed E-state index contributed by atoms with van der Waals surface area (Å²) in [7, 11) is 0. The van der Waals surface area contributed by atoms with Gasteiger partial charge in [-0.3, -0.25) is 0 Å². The van der Waals surface area contributed by atoms with Crippen molar-refractivity contribution >= 4 is 23.8 Å². The summed E-state index contributed by atoms with van der Waals surface area (Å²) in [6.07, 6.45) is 3.75. The van der Waals surface area contributed by atoms with Crippen LogP contribution in [0.3, 0.4) is 0 Å². The van der Waals surface area contributed by atoms with Gasteiger partial charge in [0.05, 0.1) is 18.8 Å². The largest absolute Gasteiger partial charge is 0.492 e. The summed E-state index contributed by atoms with van der Waals surface area (Å²) in [5.41, 5.74) is 6.22. The van der Waals surface area contributed by atoms with Crippen LogP contribution in [0.1, 0.15) is 77.8 Å². The summed E-state index contributed by atoms with van der Waals surface area (Å²) in [4.78, 5) is 37.6. The molecule has 1 aromatic carbocycles. The maximum Gasteiger partial charge on any atom is 0.407 e. The number of aromatic nitrogens is 1. The van der Waals surface area contributed by atoms with Gasteiger partial charge in [-0.2, -0.15) is 4.99 Å². The van der Waals surface area contributed by atoms with Gasteiger partial charge in [-0.15, -0.1) is 0 Å². The molecule has 2 aliphatic rings. The number of nitrogens with two attached hydrogens (primary N) is 1. The predicted molar refractivity (Wildman–Crippen MR) is 179 cm³/mol. The lowest BCUT2D eigenvalue weighted by molar-refractivity contribution is 0.0504. The van der Waals surface area contributed by atoms with E-state index in [1.165, 1.54) is 6.07 Å². The van der Waals surface area contributed by atoms with Crippen LogP contribution in [0, 0.1) is 36.3 Å². The highest BCUT2D eigenvalue weighted by atomic mass is 19.1. The van der Waals surface area contributed by atoms with Crippen LogP contribution in [-0.4, -0.2) is 72.3 Å². The Balaban J connectivity index is 1.34. The van der Waals surface area contributed by atoms with Crippen LogP contribution in [0.25, 0.3) is 0 Å². The lowest BCUT2D eigenvalue weighted by atomic mass is 9.84. The Kier molecular flexibility index (Phi) is 11.7. The first-order chi connectivity index (χ1) is 22.1. The zero-order chi connectivity index (χ0) is 34.5. The number of rotatable bonds is 9. The molecule has 2 fully saturated rings. The van der Waals surface area contributed by atoms with Crippen molar-refractivity contribution in [1.82, 2.24) is 15.2 Å². The van der Waals surface area contributed by atoms with Crippen LogP contribution in [0.2, 0.25) is 0 Å². The smallest absolute Gasteiger partial charge is 0.407 e. The van der Waals surface area contributed by atoms with E-state index < -0.39 is 35.3 Å². The van der Waals surface area contributed by atoms with Crippen LogP contribution in [0.15, 0.2) is 35.5 Å². The van der Waals surface area contributed by atoms with E-state index in [1.807, 2.05) is 31.7 Å². The van der Waals surface area contributed by atoms with E-state index in [1.54, 1.807) is 31.9 Å². The van der Waals surface area contributed by atoms with Crippen molar-refractivity contribution in [1.29, 1.82) is 0 Å². The van der Waals surface area contributed by atoms with Gasteiger partial charge >= 0.3 is 12.1 Å². The number of anilines is 1. The average Bonchev–Trinajstić information content (AvgIpc) is 3.40. The molecule has 258 valence electrons. The van der Waals surface area contributed by atoms with Crippen molar-refractivity contribution in [3.8, 4) is 5.75 Å². The molecule has 12 heteroatoms. The van der Waals surface area contributed by atoms with Crippen LogP contribution >= 0.6 is 0 Å². The van der Waals surface area contributed by atoms with Crippen LogP contribution in [0.5, 0.6) is 5.75 Å². The number of piperidine rings is 1. The van der Waals surface area contributed by atoms with Gasteiger partial charge in [0.2, 0.25) is 0 Å². The highest BCUT2D eigenvalue weighted by Gasteiger charge is 2.38.